The molecule has 0 aromatic carbocycles. The summed E-state index contributed by atoms with van der Waals surface area (Å²) in [4.78, 5) is 10.5. The number of hydrogen-bond acceptors (Lipinski definition) is 4. The molecule has 0 radical (unpaired) electrons. The number of aliphatic hydroxyl groups is 1. The first-order valence-corrected chi connectivity index (χ1v) is 8.62. The molecule has 0 saturated carbocycles. The van der Waals surface area contributed by atoms with E-state index in [1.807, 2.05) is 0 Å². The van der Waals surface area contributed by atoms with Gasteiger partial charge in [-0.1, -0.05) is 0 Å². The molecule has 0 fully saturated rings. The normalized spacial score (nSPS) is 11.6. The minimum Gasteiger partial charge on any atom is -0.395 e. The highest BCUT2D eigenvalue weighted by Crippen LogP contribution is 2.28. The van der Waals surface area contributed by atoms with Gasteiger partial charge in [-0.15, -0.1) is 0 Å². The predicted molar refractivity (Wildman–Crippen MR) is 94.1 cm³/mol. The van der Waals surface area contributed by atoms with Gasteiger partial charge in [-0.2, -0.15) is 0 Å². The van der Waals surface area contributed by atoms with Gasteiger partial charge in [-0.05, 0) is 33.3 Å². The third-order valence-electron chi connectivity index (χ3n) is 4.73. The summed E-state index contributed by atoms with van der Waals surface area (Å²) in [5, 5.41) is 13.8. The van der Waals surface area contributed by atoms with Crippen LogP contribution in [0.4, 0.5) is 5.82 Å². The molecular formula is C17H30N5O+. The Morgan fingerprint density at radius 2 is 1.96 bits per heavy atom. The van der Waals surface area contributed by atoms with E-state index in [1.54, 1.807) is 11.2 Å². The molecule has 2 rings (SSSR count). The highest BCUT2D eigenvalue weighted by Gasteiger charge is 2.15. The maximum atomic E-state index is 9.27. The number of rotatable bonds is 9. The van der Waals surface area contributed by atoms with Crippen molar-refractivity contribution in [1.82, 2.24) is 14.5 Å². The summed E-state index contributed by atoms with van der Waals surface area (Å²) in [6.07, 6.45) is 2.73. The van der Waals surface area contributed by atoms with Crippen molar-refractivity contribution < 1.29 is 10.0 Å². The molecule has 0 spiro atoms. The van der Waals surface area contributed by atoms with Gasteiger partial charge in [0, 0.05) is 25.2 Å². The molecule has 0 saturated heterocycles. The number of aliphatic hydroxyl groups excluding tert-OH is 1. The van der Waals surface area contributed by atoms with Crippen molar-refractivity contribution in [1.29, 1.82) is 0 Å². The number of fused-ring (bicyclic) bond motifs is 1. The van der Waals surface area contributed by atoms with Crippen LogP contribution in [-0.2, 0) is 6.54 Å². The summed E-state index contributed by atoms with van der Waals surface area (Å²) >= 11 is 0. The minimum absolute atomic E-state index is 0.115. The number of anilines is 1. The summed E-state index contributed by atoms with van der Waals surface area (Å²) in [6, 6.07) is 0. The molecule has 0 aliphatic rings. The number of nitrogens with one attached hydrogen (secondary N) is 2. The number of quaternary nitrogens is 1. The highest BCUT2D eigenvalue weighted by atomic mass is 16.3. The van der Waals surface area contributed by atoms with Crippen molar-refractivity contribution in [2.75, 3.05) is 38.1 Å². The van der Waals surface area contributed by atoms with E-state index < -0.39 is 0 Å². The monoisotopic (exact) mass is 320 g/mol. The predicted octanol–water partition coefficient (Wildman–Crippen LogP) is 0.767. The number of nitrogens with zero attached hydrogens (tertiary/aromatic N) is 3. The van der Waals surface area contributed by atoms with Crippen molar-refractivity contribution >= 4 is 16.9 Å². The zero-order chi connectivity index (χ0) is 16.8. The van der Waals surface area contributed by atoms with Crippen LogP contribution in [0.1, 0.15) is 31.5 Å². The first-order valence-electron chi connectivity index (χ1n) is 8.62. The quantitative estimate of drug-likeness (QED) is 0.597. The molecule has 0 bridgehead atoms. The standard InChI is InChI=1S/C17H29N5O/c1-5-21(6-2)9-7-8-18-16-15-13(3)14(4)22(10-11-23)17(15)20-12-19-16/h12,23H,5-11H2,1-4H3,(H,18,19,20)/p+1. The molecule has 0 atom stereocenters. The van der Waals surface area contributed by atoms with E-state index in [9.17, 15) is 5.11 Å². The lowest BCUT2D eigenvalue weighted by molar-refractivity contribution is -0.896. The summed E-state index contributed by atoms with van der Waals surface area (Å²) in [7, 11) is 0. The van der Waals surface area contributed by atoms with Crippen molar-refractivity contribution in [2.45, 2.75) is 40.7 Å². The Hall–Kier alpha value is -1.66. The fraction of sp³-hybridized carbons (Fsp3) is 0.647. The van der Waals surface area contributed by atoms with Crippen molar-refractivity contribution in [3.05, 3.63) is 17.6 Å². The maximum absolute atomic E-state index is 9.27. The average molecular weight is 320 g/mol. The first-order chi connectivity index (χ1) is 11.1. The molecule has 3 N–H and O–H groups in total. The second-order valence-corrected chi connectivity index (χ2v) is 5.99. The Kier molecular flexibility index (Phi) is 6.36. The van der Waals surface area contributed by atoms with E-state index in [0.717, 1.165) is 35.5 Å². The topological polar surface area (TPSA) is 67.4 Å². The van der Waals surface area contributed by atoms with Crippen LogP contribution in [0.15, 0.2) is 6.33 Å². The third kappa shape index (κ3) is 3.82. The van der Waals surface area contributed by atoms with E-state index in [-0.39, 0.29) is 6.61 Å². The fourth-order valence-corrected chi connectivity index (χ4v) is 3.12. The molecule has 6 nitrogen and oxygen atoms in total. The minimum atomic E-state index is 0.115. The number of aryl methyl sites for hydroxylation is 1. The molecular weight excluding hydrogens is 290 g/mol. The lowest BCUT2D eigenvalue weighted by atomic mass is 10.2. The summed E-state index contributed by atoms with van der Waals surface area (Å²) in [5.41, 5.74) is 3.23. The van der Waals surface area contributed by atoms with Crippen LogP contribution < -0.4 is 10.2 Å². The molecule has 0 unspecified atom stereocenters. The van der Waals surface area contributed by atoms with Gasteiger partial charge in [0.15, 0.2) is 0 Å². The summed E-state index contributed by atoms with van der Waals surface area (Å²) < 4.78 is 2.07. The Bertz CT molecular complexity index is 633. The van der Waals surface area contributed by atoms with Gasteiger partial charge in [-0.3, -0.25) is 0 Å². The zero-order valence-corrected chi connectivity index (χ0v) is 14.8. The molecule has 128 valence electrons. The van der Waals surface area contributed by atoms with E-state index in [0.29, 0.717) is 6.54 Å². The zero-order valence-electron chi connectivity index (χ0n) is 14.8. The van der Waals surface area contributed by atoms with Crippen LogP contribution in [0, 0.1) is 13.8 Å². The van der Waals surface area contributed by atoms with E-state index in [2.05, 4.69) is 47.5 Å². The van der Waals surface area contributed by atoms with E-state index >= 15 is 0 Å². The van der Waals surface area contributed by atoms with Crippen LogP contribution in [0.25, 0.3) is 11.0 Å². The maximum Gasteiger partial charge on any atom is 0.146 e. The van der Waals surface area contributed by atoms with Crippen LogP contribution in [0.2, 0.25) is 0 Å². The smallest absolute Gasteiger partial charge is 0.146 e. The molecule has 2 aromatic heterocycles. The Morgan fingerprint density at radius 3 is 2.61 bits per heavy atom. The van der Waals surface area contributed by atoms with Crippen molar-refractivity contribution in [3.8, 4) is 0 Å². The first kappa shape index (κ1) is 17.7. The van der Waals surface area contributed by atoms with Gasteiger partial charge in [0.1, 0.15) is 17.8 Å². The Labute approximate surface area is 138 Å². The van der Waals surface area contributed by atoms with Gasteiger partial charge < -0.3 is 19.9 Å². The van der Waals surface area contributed by atoms with Crippen LogP contribution >= 0.6 is 0 Å². The molecule has 6 heteroatoms. The van der Waals surface area contributed by atoms with Crippen LogP contribution in [-0.4, -0.2) is 52.4 Å². The SMILES string of the molecule is CC[NH+](CC)CCCNc1ncnc2c1c(C)c(C)n2CCO. The van der Waals surface area contributed by atoms with Crippen molar-refractivity contribution in [2.24, 2.45) is 0 Å². The lowest BCUT2D eigenvalue weighted by Crippen LogP contribution is -3.11. The lowest BCUT2D eigenvalue weighted by Gasteiger charge is -2.15. The highest BCUT2D eigenvalue weighted by molar-refractivity contribution is 5.91. The Morgan fingerprint density at radius 1 is 1.22 bits per heavy atom. The molecule has 2 aromatic rings. The van der Waals surface area contributed by atoms with E-state index in [4.69, 9.17) is 0 Å². The molecule has 2 heterocycles. The summed E-state index contributed by atoms with van der Waals surface area (Å²) in [6.45, 7) is 13.8. The van der Waals surface area contributed by atoms with Gasteiger partial charge >= 0.3 is 0 Å². The van der Waals surface area contributed by atoms with Crippen LogP contribution in [0.3, 0.4) is 0 Å². The molecule has 0 aliphatic heterocycles. The molecule has 0 amide bonds. The number of hydrogen-bond donors (Lipinski definition) is 3. The van der Waals surface area contributed by atoms with Gasteiger partial charge in [-0.25, -0.2) is 9.97 Å². The van der Waals surface area contributed by atoms with E-state index in [1.165, 1.54) is 25.2 Å². The van der Waals surface area contributed by atoms with Gasteiger partial charge in [0.25, 0.3) is 0 Å². The van der Waals surface area contributed by atoms with Crippen molar-refractivity contribution in [3.63, 3.8) is 0 Å². The largest absolute Gasteiger partial charge is 0.395 e. The van der Waals surface area contributed by atoms with Crippen LogP contribution in [0.5, 0.6) is 0 Å². The van der Waals surface area contributed by atoms with Gasteiger partial charge in [0.2, 0.25) is 0 Å². The Balaban J connectivity index is 2.14. The number of aromatic nitrogens is 3. The summed E-state index contributed by atoms with van der Waals surface area (Å²) in [5.74, 6) is 0.904. The second-order valence-electron chi connectivity index (χ2n) is 5.99. The average Bonchev–Trinajstić information content (AvgIpc) is 2.81. The fourth-order valence-electron chi connectivity index (χ4n) is 3.12. The van der Waals surface area contributed by atoms with Gasteiger partial charge in [0.05, 0.1) is 31.6 Å². The molecule has 0 aliphatic carbocycles. The molecule has 23 heavy (non-hydrogen) atoms. The second kappa shape index (κ2) is 8.26. The third-order valence-corrected chi connectivity index (χ3v) is 4.73.